The maximum absolute atomic E-state index is 11.7. The van der Waals surface area contributed by atoms with E-state index in [1.54, 1.807) is 13.8 Å². The van der Waals surface area contributed by atoms with Gasteiger partial charge in [0.25, 0.3) is 0 Å². The lowest BCUT2D eigenvalue weighted by Crippen LogP contribution is -2.27. The van der Waals surface area contributed by atoms with Crippen LogP contribution in [-0.2, 0) is 9.53 Å². The van der Waals surface area contributed by atoms with Gasteiger partial charge in [-0.3, -0.25) is 0 Å². The Bertz CT molecular complexity index is 465. The van der Waals surface area contributed by atoms with Crippen LogP contribution < -0.4 is 10.1 Å². The van der Waals surface area contributed by atoms with Gasteiger partial charge in [-0.1, -0.05) is 22.9 Å². The number of nitrogens with one attached hydrogen (secondary N) is 1. The molecule has 0 aliphatic carbocycles. The van der Waals surface area contributed by atoms with Crippen LogP contribution in [0.2, 0.25) is 0 Å². The highest BCUT2D eigenvalue weighted by Crippen LogP contribution is 2.29. The Kier molecular flexibility index (Phi) is 7.75. The standard InChI is InChI=1S/C16H24BrNO3/c1-5-9-18-11(3)14-10-13(17)7-8-15(14)21-12(4)16(19)20-6-2/h7-8,10-12,18H,5-6,9H2,1-4H3. The van der Waals surface area contributed by atoms with E-state index in [4.69, 9.17) is 9.47 Å². The van der Waals surface area contributed by atoms with Crippen LogP contribution >= 0.6 is 15.9 Å². The van der Waals surface area contributed by atoms with Crippen molar-refractivity contribution in [1.82, 2.24) is 5.32 Å². The number of benzene rings is 1. The van der Waals surface area contributed by atoms with Crippen LogP contribution in [0.15, 0.2) is 22.7 Å². The topological polar surface area (TPSA) is 47.6 Å². The van der Waals surface area contributed by atoms with E-state index in [1.165, 1.54) is 0 Å². The average Bonchev–Trinajstić information content (AvgIpc) is 2.46. The maximum Gasteiger partial charge on any atom is 0.347 e. The molecule has 0 amide bonds. The van der Waals surface area contributed by atoms with Crippen molar-refractivity contribution in [2.45, 2.75) is 46.3 Å². The first-order chi connectivity index (χ1) is 9.99. The lowest BCUT2D eigenvalue weighted by molar-refractivity contribution is -0.150. The van der Waals surface area contributed by atoms with E-state index in [0.717, 1.165) is 23.0 Å². The predicted octanol–water partition coefficient (Wildman–Crippen LogP) is 3.84. The van der Waals surface area contributed by atoms with Crippen LogP contribution in [0.3, 0.4) is 0 Å². The SMILES string of the molecule is CCCNC(C)c1cc(Br)ccc1OC(C)C(=O)OCC. The molecule has 118 valence electrons. The third-order valence-corrected chi connectivity index (χ3v) is 3.55. The van der Waals surface area contributed by atoms with E-state index in [0.29, 0.717) is 12.4 Å². The van der Waals surface area contributed by atoms with Crippen molar-refractivity contribution >= 4 is 21.9 Å². The Balaban J connectivity index is 2.88. The predicted molar refractivity (Wildman–Crippen MR) is 87.6 cm³/mol. The van der Waals surface area contributed by atoms with E-state index in [9.17, 15) is 4.79 Å². The number of carbonyl (C=O) groups excluding carboxylic acids is 1. The molecule has 1 rings (SSSR count). The summed E-state index contributed by atoms with van der Waals surface area (Å²) in [5.74, 6) is 0.357. The van der Waals surface area contributed by atoms with Crippen LogP contribution in [0.1, 0.15) is 45.7 Å². The molecule has 0 aromatic heterocycles. The molecule has 21 heavy (non-hydrogen) atoms. The normalized spacial score (nSPS) is 13.6. The molecular formula is C16H24BrNO3. The van der Waals surface area contributed by atoms with E-state index in [2.05, 4.69) is 35.1 Å². The van der Waals surface area contributed by atoms with Crippen molar-refractivity contribution in [2.24, 2.45) is 0 Å². The van der Waals surface area contributed by atoms with Gasteiger partial charge in [-0.15, -0.1) is 0 Å². The van der Waals surface area contributed by atoms with Crippen molar-refractivity contribution in [1.29, 1.82) is 0 Å². The highest BCUT2D eigenvalue weighted by molar-refractivity contribution is 9.10. The Hall–Kier alpha value is -1.07. The first-order valence-corrected chi connectivity index (χ1v) is 8.15. The van der Waals surface area contributed by atoms with Crippen molar-refractivity contribution in [3.05, 3.63) is 28.2 Å². The third-order valence-electron chi connectivity index (χ3n) is 3.06. The molecule has 0 aliphatic rings. The number of hydrogen-bond acceptors (Lipinski definition) is 4. The molecule has 4 nitrogen and oxygen atoms in total. The van der Waals surface area contributed by atoms with Crippen LogP contribution in [0.4, 0.5) is 0 Å². The lowest BCUT2D eigenvalue weighted by atomic mass is 10.1. The van der Waals surface area contributed by atoms with Gasteiger partial charge in [-0.05, 0) is 51.9 Å². The summed E-state index contributed by atoms with van der Waals surface area (Å²) < 4.78 is 11.7. The Morgan fingerprint density at radius 3 is 2.67 bits per heavy atom. The van der Waals surface area contributed by atoms with Gasteiger partial charge >= 0.3 is 5.97 Å². The minimum Gasteiger partial charge on any atom is -0.479 e. The molecule has 2 unspecified atom stereocenters. The molecule has 1 aromatic rings. The molecule has 0 bridgehead atoms. The second-order valence-electron chi connectivity index (χ2n) is 4.87. The first kappa shape index (κ1) is 18.0. The average molecular weight is 358 g/mol. The summed E-state index contributed by atoms with van der Waals surface area (Å²) in [6, 6.07) is 5.94. The summed E-state index contributed by atoms with van der Waals surface area (Å²) in [6.07, 6.45) is 0.441. The summed E-state index contributed by atoms with van der Waals surface area (Å²) in [7, 11) is 0. The first-order valence-electron chi connectivity index (χ1n) is 7.35. The summed E-state index contributed by atoms with van der Waals surface area (Å²) >= 11 is 3.48. The van der Waals surface area contributed by atoms with Gasteiger partial charge in [0.1, 0.15) is 5.75 Å². The smallest absolute Gasteiger partial charge is 0.347 e. The number of hydrogen-bond donors (Lipinski definition) is 1. The second kappa shape index (κ2) is 9.05. The second-order valence-corrected chi connectivity index (χ2v) is 5.79. The monoisotopic (exact) mass is 357 g/mol. The molecule has 0 saturated heterocycles. The van der Waals surface area contributed by atoms with Gasteiger partial charge in [0.2, 0.25) is 0 Å². The zero-order valence-corrected chi connectivity index (χ0v) is 14.7. The quantitative estimate of drug-likeness (QED) is 0.718. The van der Waals surface area contributed by atoms with E-state index >= 15 is 0 Å². The van der Waals surface area contributed by atoms with Crippen LogP contribution in [0, 0.1) is 0 Å². The lowest BCUT2D eigenvalue weighted by Gasteiger charge is -2.21. The van der Waals surface area contributed by atoms with Gasteiger partial charge in [-0.25, -0.2) is 4.79 Å². The van der Waals surface area contributed by atoms with E-state index < -0.39 is 6.10 Å². The van der Waals surface area contributed by atoms with Crippen LogP contribution in [0.25, 0.3) is 0 Å². The maximum atomic E-state index is 11.7. The number of rotatable bonds is 8. The van der Waals surface area contributed by atoms with Crippen molar-refractivity contribution < 1.29 is 14.3 Å². The van der Waals surface area contributed by atoms with Crippen molar-refractivity contribution in [2.75, 3.05) is 13.2 Å². The molecule has 0 spiro atoms. The number of halogens is 1. The Morgan fingerprint density at radius 1 is 1.33 bits per heavy atom. The summed E-state index contributed by atoms with van der Waals surface area (Å²) in [5, 5.41) is 3.43. The fraction of sp³-hybridized carbons (Fsp3) is 0.562. The number of esters is 1. The molecule has 0 fully saturated rings. The highest BCUT2D eigenvalue weighted by atomic mass is 79.9. The molecule has 0 radical (unpaired) electrons. The Morgan fingerprint density at radius 2 is 2.05 bits per heavy atom. The fourth-order valence-electron chi connectivity index (χ4n) is 1.93. The molecule has 1 N–H and O–H groups in total. The molecule has 0 aliphatic heterocycles. The molecular weight excluding hydrogens is 334 g/mol. The van der Waals surface area contributed by atoms with Gasteiger partial charge in [0, 0.05) is 16.1 Å². The van der Waals surface area contributed by atoms with Crippen molar-refractivity contribution in [3.8, 4) is 5.75 Å². The molecule has 0 saturated carbocycles. The number of ether oxygens (including phenoxy) is 2. The molecule has 0 heterocycles. The third kappa shape index (κ3) is 5.67. The van der Waals surface area contributed by atoms with E-state index in [-0.39, 0.29) is 12.0 Å². The summed E-state index contributed by atoms with van der Waals surface area (Å²) in [6.45, 7) is 8.98. The van der Waals surface area contributed by atoms with Crippen molar-refractivity contribution in [3.63, 3.8) is 0 Å². The van der Waals surface area contributed by atoms with Gasteiger partial charge in [0.15, 0.2) is 6.10 Å². The zero-order valence-electron chi connectivity index (χ0n) is 13.1. The molecule has 5 heteroatoms. The van der Waals surface area contributed by atoms with Gasteiger partial charge in [-0.2, -0.15) is 0 Å². The number of carbonyl (C=O) groups is 1. The van der Waals surface area contributed by atoms with Crippen LogP contribution in [0.5, 0.6) is 5.75 Å². The highest BCUT2D eigenvalue weighted by Gasteiger charge is 2.19. The summed E-state index contributed by atoms with van der Waals surface area (Å²) in [4.78, 5) is 11.7. The van der Waals surface area contributed by atoms with Gasteiger partial charge < -0.3 is 14.8 Å². The fourth-order valence-corrected chi connectivity index (χ4v) is 2.31. The van der Waals surface area contributed by atoms with Crippen LogP contribution in [-0.4, -0.2) is 25.2 Å². The summed E-state index contributed by atoms with van der Waals surface area (Å²) in [5.41, 5.74) is 1.02. The minimum atomic E-state index is -0.622. The van der Waals surface area contributed by atoms with E-state index in [1.807, 2.05) is 18.2 Å². The largest absolute Gasteiger partial charge is 0.479 e. The molecule has 1 aromatic carbocycles. The van der Waals surface area contributed by atoms with Gasteiger partial charge in [0.05, 0.1) is 6.61 Å². The molecule has 2 atom stereocenters. The minimum absolute atomic E-state index is 0.145. The zero-order chi connectivity index (χ0) is 15.8. The Labute approximate surface area is 135 Å².